The van der Waals surface area contributed by atoms with Crippen molar-refractivity contribution >= 4 is 71.7 Å². The predicted molar refractivity (Wildman–Crippen MR) is 239 cm³/mol. The van der Waals surface area contributed by atoms with E-state index in [4.69, 9.17) is 0 Å². The Balaban J connectivity index is 1.12. The molecule has 8 aromatic carbocycles. The van der Waals surface area contributed by atoms with Crippen LogP contribution in [0.15, 0.2) is 164 Å². The van der Waals surface area contributed by atoms with Crippen molar-refractivity contribution < 1.29 is 0 Å². The first-order valence-electron chi connectivity index (χ1n) is 20.2. The second-order valence-corrected chi connectivity index (χ2v) is 17.4. The van der Waals surface area contributed by atoms with Crippen LogP contribution in [0, 0.1) is 0 Å². The molecule has 2 aliphatic rings. The van der Waals surface area contributed by atoms with Gasteiger partial charge in [-0.25, -0.2) is 0 Å². The summed E-state index contributed by atoms with van der Waals surface area (Å²) >= 11 is 0. The summed E-state index contributed by atoms with van der Waals surface area (Å²) in [5, 5.41) is 5.15. The maximum atomic E-state index is 2.54. The van der Waals surface area contributed by atoms with Crippen molar-refractivity contribution in [3.05, 3.63) is 186 Å². The molecule has 0 fully saturated rings. The molecule has 0 radical (unpaired) electrons. The lowest BCUT2D eigenvalue weighted by molar-refractivity contribution is 0.660. The smallest absolute Gasteiger partial charge is 0.0789 e. The Morgan fingerprint density at radius 1 is 0.333 bits per heavy atom. The highest BCUT2D eigenvalue weighted by molar-refractivity contribution is 6.25. The lowest BCUT2D eigenvalue weighted by Gasteiger charge is -2.30. The zero-order valence-electron chi connectivity index (χ0n) is 32.4. The maximum Gasteiger partial charge on any atom is 0.0789 e. The summed E-state index contributed by atoms with van der Waals surface area (Å²) in [7, 11) is 0. The fraction of sp³-hybridized carbons (Fsp3) is 0.111. The van der Waals surface area contributed by atoms with Crippen LogP contribution in [-0.2, 0) is 10.8 Å². The second kappa shape index (κ2) is 10.5. The van der Waals surface area contributed by atoms with E-state index >= 15 is 0 Å². The molecule has 0 saturated heterocycles. The normalized spacial score (nSPS) is 14.9. The number of nitrogens with zero attached hydrogens (tertiary/aromatic N) is 3. The van der Waals surface area contributed by atoms with Crippen LogP contribution in [0.1, 0.15) is 49.9 Å². The van der Waals surface area contributed by atoms with Crippen molar-refractivity contribution in [2.24, 2.45) is 0 Å². The van der Waals surface area contributed by atoms with E-state index in [0.29, 0.717) is 0 Å². The molecule has 3 nitrogen and oxygen atoms in total. The molecule has 13 rings (SSSR count). The average Bonchev–Trinajstić information content (AvgIpc) is 3.90. The highest BCUT2D eigenvalue weighted by Gasteiger charge is 2.38. The van der Waals surface area contributed by atoms with Crippen LogP contribution in [0.5, 0.6) is 0 Å². The van der Waals surface area contributed by atoms with Gasteiger partial charge in [0.1, 0.15) is 0 Å². The number of benzene rings is 8. The third-order valence-electron chi connectivity index (χ3n) is 13.8. The van der Waals surface area contributed by atoms with Gasteiger partial charge in [0.2, 0.25) is 0 Å². The van der Waals surface area contributed by atoms with Crippen LogP contribution in [0.2, 0.25) is 0 Å². The van der Waals surface area contributed by atoms with Crippen molar-refractivity contribution in [1.29, 1.82) is 0 Å². The second-order valence-electron chi connectivity index (χ2n) is 17.4. The van der Waals surface area contributed by atoms with Gasteiger partial charge >= 0.3 is 0 Å². The molecule has 270 valence electrons. The molecule has 0 atom stereocenters. The first-order valence-corrected chi connectivity index (χ1v) is 20.2. The van der Waals surface area contributed by atoms with Crippen LogP contribution < -0.4 is 4.90 Å². The van der Waals surface area contributed by atoms with Gasteiger partial charge in [-0.3, -0.25) is 0 Å². The topological polar surface area (TPSA) is 12.1 Å². The molecule has 3 aromatic heterocycles. The summed E-state index contributed by atoms with van der Waals surface area (Å²) in [6.45, 7) is 9.51. The third-order valence-corrected chi connectivity index (χ3v) is 13.8. The fourth-order valence-electron chi connectivity index (χ4n) is 11.1. The summed E-state index contributed by atoms with van der Waals surface area (Å²) in [6.07, 6.45) is 0. The van der Waals surface area contributed by atoms with Gasteiger partial charge in [-0.05, 0) is 99.1 Å². The Kier molecular flexibility index (Phi) is 5.78. The predicted octanol–water partition coefficient (Wildman–Crippen LogP) is 14.3. The number of fused-ring (bicyclic) bond motifs is 15. The number of anilines is 3. The van der Waals surface area contributed by atoms with E-state index < -0.39 is 0 Å². The van der Waals surface area contributed by atoms with Crippen molar-refractivity contribution in [1.82, 2.24) is 8.80 Å². The van der Waals surface area contributed by atoms with Crippen molar-refractivity contribution in [2.75, 3.05) is 4.90 Å². The Morgan fingerprint density at radius 2 is 0.754 bits per heavy atom. The number of para-hydroxylation sites is 2. The summed E-state index contributed by atoms with van der Waals surface area (Å²) in [5.41, 5.74) is 21.5. The highest BCUT2D eigenvalue weighted by Crippen LogP contribution is 2.53. The molecule has 11 aromatic rings. The number of aromatic nitrogens is 2. The van der Waals surface area contributed by atoms with Gasteiger partial charge in [-0.2, -0.15) is 0 Å². The largest absolute Gasteiger partial charge is 0.310 e. The zero-order valence-corrected chi connectivity index (χ0v) is 32.4. The van der Waals surface area contributed by atoms with E-state index in [2.05, 4.69) is 205 Å². The molecule has 0 amide bonds. The number of hydrogen-bond acceptors (Lipinski definition) is 1. The van der Waals surface area contributed by atoms with Crippen LogP contribution in [0.3, 0.4) is 0 Å². The van der Waals surface area contributed by atoms with Crippen molar-refractivity contribution in [3.63, 3.8) is 0 Å². The Bertz CT molecular complexity index is 3430. The van der Waals surface area contributed by atoms with Gasteiger partial charge in [-0.1, -0.05) is 137 Å². The van der Waals surface area contributed by atoms with E-state index in [1.165, 1.54) is 99.2 Å². The van der Waals surface area contributed by atoms with Crippen molar-refractivity contribution in [3.8, 4) is 22.3 Å². The van der Waals surface area contributed by atoms with Crippen LogP contribution >= 0.6 is 0 Å². The van der Waals surface area contributed by atoms with Gasteiger partial charge in [0.15, 0.2) is 0 Å². The van der Waals surface area contributed by atoms with E-state index in [1.807, 2.05) is 0 Å². The molecule has 0 N–H and O–H groups in total. The van der Waals surface area contributed by atoms with Gasteiger partial charge in [0.05, 0.1) is 33.1 Å². The molecule has 2 aliphatic carbocycles. The Hall–Kier alpha value is -6.84. The SMILES string of the molecule is CC1(C)c2ccccc2-c2ccc(N(c3ccc4c(c3)C(C)(C)c3ccccc3-4)c3ccc4c(c3)n3c5ccccc5c5ccc6c7ccccc7n4c6c53)cc21. The van der Waals surface area contributed by atoms with Gasteiger partial charge in [0, 0.05) is 49.4 Å². The standard InChI is InChI=1S/C54H39N3/c1-53(2)43-17-9-5-13-35(43)37-24-21-32(29-45(37)53)55(33-22-25-38-36-14-6-10-18-44(36)54(3,4)46(38)30-33)34-23-28-49-50(31-34)57-48-20-12-8-16-40(48)42-27-26-41-39-15-7-11-19-47(39)56(49)51(41)52(42)57/h5-31H,1-4H3. The lowest BCUT2D eigenvalue weighted by Crippen LogP contribution is -2.18. The molecular weight excluding hydrogens is 691 g/mol. The Morgan fingerprint density at radius 3 is 1.30 bits per heavy atom. The number of rotatable bonds is 3. The molecule has 57 heavy (non-hydrogen) atoms. The van der Waals surface area contributed by atoms with Crippen LogP contribution in [0.25, 0.3) is 76.9 Å². The van der Waals surface area contributed by atoms with E-state index in [9.17, 15) is 0 Å². The maximum absolute atomic E-state index is 2.54. The average molecular weight is 730 g/mol. The Labute approximate surface area is 331 Å². The molecule has 0 saturated carbocycles. The quantitative estimate of drug-likeness (QED) is 0.165. The van der Waals surface area contributed by atoms with Crippen LogP contribution in [-0.4, -0.2) is 8.80 Å². The van der Waals surface area contributed by atoms with Gasteiger partial charge in [-0.15, -0.1) is 0 Å². The van der Waals surface area contributed by atoms with Gasteiger partial charge in [0.25, 0.3) is 0 Å². The van der Waals surface area contributed by atoms with E-state index in [1.54, 1.807) is 0 Å². The fourth-order valence-corrected chi connectivity index (χ4v) is 11.1. The third kappa shape index (κ3) is 3.82. The molecule has 0 aliphatic heterocycles. The first-order chi connectivity index (χ1) is 27.8. The summed E-state index contributed by atoms with van der Waals surface area (Å²) in [4.78, 5) is 2.51. The zero-order chi connectivity index (χ0) is 37.9. The van der Waals surface area contributed by atoms with E-state index in [-0.39, 0.29) is 10.8 Å². The van der Waals surface area contributed by atoms with Crippen molar-refractivity contribution in [2.45, 2.75) is 38.5 Å². The molecule has 0 spiro atoms. The minimum Gasteiger partial charge on any atom is -0.310 e. The van der Waals surface area contributed by atoms with Gasteiger partial charge < -0.3 is 13.7 Å². The lowest BCUT2D eigenvalue weighted by atomic mass is 9.82. The van der Waals surface area contributed by atoms with E-state index in [0.717, 1.165) is 17.1 Å². The van der Waals surface area contributed by atoms with Crippen LogP contribution in [0.4, 0.5) is 17.1 Å². The first kappa shape index (κ1) is 31.4. The minimum absolute atomic E-state index is 0.120. The summed E-state index contributed by atoms with van der Waals surface area (Å²) in [5.74, 6) is 0. The summed E-state index contributed by atoms with van der Waals surface area (Å²) in [6, 6.07) is 61.8. The highest BCUT2D eigenvalue weighted by atomic mass is 15.1. The monoisotopic (exact) mass is 729 g/mol. The molecular formula is C54H39N3. The molecule has 3 heteroatoms. The molecule has 0 bridgehead atoms. The summed E-state index contributed by atoms with van der Waals surface area (Å²) < 4.78 is 5.05. The number of hydrogen-bond donors (Lipinski definition) is 0. The molecule has 3 heterocycles. The minimum atomic E-state index is -0.120. The molecule has 0 unspecified atom stereocenters.